The summed E-state index contributed by atoms with van der Waals surface area (Å²) < 4.78 is 0. The fourth-order valence-corrected chi connectivity index (χ4v) is 1.64. The van der Waals surface area contributed by atoms with E-state index in [1.165, 1.54) is 10.5 Å². The molecule has 0 aromatic carbocycles. The number of likely N-dealkylation sites (N-methyl/N-ethyl adjacent to an activating group) is 1. The van der Waals surface area contributed by atoms with Crippen LogP contribution in [0.1, 0.15) is 11.6 Å². The predicted molar refractivity (Wildman–Crippen MR) is 47.9 cm³/mol. The van der Waals surface area contributed by atoms with Gasteiger partial charge in [0.1, 0.15) is 6.04 Å². The third-order valence-corrected chi connectivity index (χ3v) is 2.34. The summed E-state index contributed by atoms with van der Waals surface area (Å²) in [5.74, 6) is 0. The van der Waals surface area contributed by atoms with Gasteiger partial charge in [0.15, 0.2) is 0 Å². The van der Waals surface area contributed by atoms with Gasteiger partial charge in [0.2, 0.25) is 0 Å². The second kappa shape index (κ2) is 3.07. The van der Waals surface area contributed by atoms with Gasteiger partial charge in [-0.1, -0.05) is 0 Å². The maximum Gasteiger partial charge on any atom is 0.134 e. The Bertz CT molecular complexity index is 279. The first-order valence-corrected chi connectivity index (χ1v) is 4.27. The number of hydrogen-bond acceptors (Lipinski definition) is 1. The Kier molecular flexibility index (Phi) is 1.92. The molecule has 0 saturated heterocycles. The lowest BCUT2D eigenvalue weighted by Crippen LogP contribution is -3.07. The largest absolute Gasteiger partial charge is 0.325 e. The molecule has 12 heavy (non-hydrogen) atoms. The van der Waals surface area contributed by atoms with Crippen molar-refractivity contribution in [1.29, 1.82) is 0 Å². The average Bonchev–Trinajstić information content (AvgIpc) is 2.53. The number of nitrogens with one attached hydrogen (secondary N) is 1. The molecule has 2 rings (SSSR count). The Morgan fingerprint density at radius 2 is 2.50 bits per heavy atom. The molecule has 0 bridgehead atoms. The van der Waals surface area contributed by atoms with Crippen LogP contribution in [0, 0.1) is 0 Å². The molecule has 62 valence electrons. The molecule has 1 aliphatic heterocycles. The van der Waals surface area contributed by atoms with Crippen molar-refractivity contribution in [2.24, 2.45) is 0 Å². The van der Waals surface area contributed by atoms with Gasteiger partial charge >= 0.3 is 0 Å². The molecule has 2 atom stereocenters. The molecule has 0 fully saturated rings. The summed E-state index contributed by atoms with van der Waals surface area (Å²) in [6.45, 7) is 1.12. The van der Waals surface area contributed by atoms with Crippen LogP contribution in [0.15, 0.2) is 36.7 Å². The van der Waals surface area contributed by atoms with Crippen LogP contribution in [-0.4, -0.2) is 18.6 Å². The quantitative estimate of drug-likeness (QED) is 0.583. The second-order valence-electron chi connectivity index (χ2n) is 3.24. The van der Waals surface area contributed by atoms with E-state index in [4.69, 9.17) is 0 Å². The molecule has 1 aliphatic rings. The number of hydrogen-bond donors (Lipinski definition) is 1. The van der Waals surface area contributed by atoms with E-state index in [1.807, 2.05) is 18.5 Å². The molecule has 2 nitrogen and oxygen atoms in total. The number of rotatable bonds is 1. The third-order valence-electron chi connectivity index (χ3n) is 2.34. The minimum Gasteiger partial charge on any atom is -0.325 e. The normalized spacial score (nSPS) is 27.8. The van der Waals surface area contributed by atoms with E-state index in [1.54, 1.807) is 0 Å². The van der Waals surface area contributed by atoms with Crippen LogP contribution in [0.25, 0.3) is 0 Å². The Hall–Kier alpha value is -1.15. The zero-order chi connectivity index (χ0) is 8.39. The Morgan fingerprint density at radius 1 is 1.58 bits per heavy atom. The monoisotopic (exact) mass is 161 g/mol. The first-order valence-electron chi connectivity index (χ1n) is 4.27. The lowest BCUT2D eigenvalue weighted by Gasteiger charge is -2.15. The van der Waals surface area contributed by atoms with Gasteiger partial charge in [-0.05, 0) is 24.3 Å². The van der Waals surface area contributed by atoms with Gasteiger partial charge in [0.25, 0.3) is 0 Å². The van der Waals surface area contributed by atoms with E-state index >= 15 is 0 Å². The summed E-state index contributed by atoms with van der Waals surface area (Å²) in [7, 11) is 2.21. The average molecular weight is 161 g/mol. The summed E-state index contributed by atoms with van der Waals surface area (Å²) in [6.07, 6.45) is 8.25. The molecule has 0 radical (unpaired) electrons. The lowest BCUT2D eigenvalue weighted by molar-refractivity contribution is -0.893. The van der Waals surface area contributed by atoms with Gasteiger partial charge in [0.05, 0.1) is 13.6 Å². The van der Waals surface area contributed by atoms with Crippen LogP contribution >= 0.6 is 0 Å². The van der Waals surface area contributed by atoms with Crippen molar-refractivity contribution in [1.82, 2.24) is 4.98 Å². The molecule has 0 saturated carbocycles. The Morgan fingerprint density at radius 3 is 3.08 bits per heavy atom. The van der Waals surface area contributed by atoms with Crippen molar-refractivity contribution >= 4 is 0 Å². The zero-order valence-electron chi connectivity index (χ0n) is 7.20. The summed E-state index contributed by atoms with van der Waals surface area (Å²) in [4.78, 5) is 5.63. The van der Waals surface area contributed by atoms with E-state index in [0.29, 0.717) is 6.04 Å². The number of quaternary nitrogens is 1. The molecular formula is C10H13N2+. The molecule has 2 heterocycles. The number of aromatic nitrogens is 1. The van der Waals surface area contributed by atoms with Gasteiger partial charge in [-0.3, -0.25) is 4.98 Å². The van der Waals surface area contributed by atoms with Crippen LogP contribution in [0.4, 0.5) is 0 Å². The Balaban J connectivity index is 2.25. The summed E-state index contributed by atoms with van der Waals surface area (Å²) in [6, 6.07) is 4.64. The first-order chi connectivity index (χ1) is 5.88. The molecular weight excluding hydrogens is 148 g/mol. The summed E-state index contributed by atoms with van der Waals surface area (Å²) in [5.41, 5.74) is 1.31. The highest BCUT2D eigenvalue weighted by molar-refractivity contribution is 5.18. The van der Waals surface area contributed by atoms with Crippen LogP contribution < -0.4 is 4.90 Å². The minimum absolute atomic E-state index is 0.513. The topological polar surface area (TPSA) is 17.3 Å². The maximum atomic E-state index is 4.12. The van der Waals surface area contributed by atoms with Gasteiger partial charge < -0.3 is 4.90 Å². The minimum atomic E-state index is 0.513. The molecule has 1 N–H and O–H groups in total. The number of pyridine rings is 1. The molecule has 2 heteroatoms. The fraction of sp³-hybridized carbons (Fsp3) is 0.300. The van der Waals surface area contributed by atoms with E-state index in [0.717, 1.165) is 6.54 Å². The molecule has 1 unspecified atom stereocenters. The van der Waals surface area contributed by atoms with Crippen LogP contribution in [-0.2, 0) is 0 Å². The van der Waals surface area contributed by atoms with Gasteiger partial charge in [-0.2, -0.15) is 0 Å². The van der Waals surface area contributed by atoms with Crippen LogP contribution in [0.2, 0.25) is 0 Å². The molecule has 0 aliphatic carbocycles. The second-order valence-corrected chi connectivity index (χ2v) is 3.24. The molecule has 1 aromatic heterocycles. The number of nitrogens with zero attached hydrogens (tertiary/aromatic N) is 1. The Labute approximate surface area is 72.5 Å². The van der Waals surface area contributed by atoms with Gasteiger partial charge in [0, 0.05) is 18.0 Å². The van der Waals surface area contributed by atoms with Crippen molar-refractivity contribution in [2.75, 3.05) is 13.6 Å². The highest BCUT2D eigenvalue weighted by Crippen LogP contribution is 2.10. The highest BCUT2D eigenvalue weighted by Gasteiger charge is 2.20. The predicted octanol–water partition coefficient (Wildman–Crippen LogP) is 0.207. The molecule has 1 aromatic rings. The van der Waals surface area contributed by atoms with Crippen molar-refractivity contribution in [3.63, 3.8) is 0 Å². The smallest absolute Gasteiger partial charge is 0.134 e. The van der Waals surface area contributed by atoms with Crippen LogP contribution in [0.5, 0.6) is 0 Å². The first kappa shape index (κ1) is 7.50. The standard InChI is InChI=1S/C10H12N2/c1-12-7-3-5-10(12)9-4-2-6-11-8-9/h2-6,8,10H,7H2,1H3/p+1/t10-/m0/s1. The van der Waals surface area contributed by atoms with Crippen molar-refractivity contribution in [3.8, 4) is 0 Å². The van der Waals surface area contributed by atoms with Crippen molar-refractivity contribution in [3.05, 3.63) is 42.2 Å². The zero-order valence-corrected chi connectivity index (χ0v) is 7.20. The summed E-state index contributed by atoms with van der Waals surface area (Å²) >= 11 is 0. The van der Waals surface area contributed by atoms with E-state index < -0.39 is 0 Å². The van der Waals surface area contributed by atoms with Gasteiger partial charge in [-0.15, -0.1) is 0 Å². The van der Waals surface area contributed by atoms with E-state index in [9.17, 15) is 0 Å². The van der Waals surface area contributed by atoms with E-state index in [2.05, 4.69) is 30.3 Å². The highest BCUT2D eigenvalue weighted by atomic mass is 15.1. The third kappa shape index (κ3) is 1.25. The molecule has 0 spiro atoms. The van der Waals surface area contributed by atoms with E-state index in [-0.39, 0.29) is 0 Å². The molecule has 0 amide bonds. The van der Waals surface area contributed by atoms with Crippen molar-refractivity contribution < 1.29 is 4.90 Å². The SMILES string of the molecule is C[NH+]1CC=C[C@H]1c1cccnc1. The fourth-order valence-electron chi connectivity index (χ4n) is 1.64. The maximum absolute atomic E-state index is 4.12. The lowest BCUT2D eigenvalue weighted by atomic mass is 10.1. The van der Waals surface area contributed by atoms with Crippen molar-refractivity contribution in [2.45, 2.75) is 6.04 Å². The summed E-state index contributed by atoms with van der Waals surface area (Å²) in [5, 5.41) is 0. The van der Waals surface area contributed by atoms with Crippen LogP contribution in [0.3, 0.4) is 0 Å². The van der Waals surface area contributed by atoms with Gasteiger partial charge in [-0.25, -0.2) is 0 Å².